The molecule has 3 atom stereocenters. The molecule has 1 saturated heterocycles. The summed E-state index contributed by atoms with van der Waals surface area (Å²) in [4.78, 5) is 11.6. The summed E-state index contributed by atoms with van der Waals surface area (Å²) in [5.74, 6) is -0.0248. The van der Waals surface area contributed by atoms with Gasteiger partial charge in [0.2, 0.25) is 0 Å². The molecule has 0 unspecified atom stereocenters. The van der Waals surface area contributed by atoms with Crippen molar-refractivity contribution in [1.29, 1.82) is 0 Å². The lowest BCUT2D eigenvalue weighted by molar-refractivity contribution is -0.180. The van der Waals surface area contributed by atoms with Crippen molar-refractivity contribution in [2.45, 2.75) is 45.3 Å². The Morgan fingerprint density at radius 1 is 1.40 bits per heavy atom. The van der Waals surface area contributed by atoms with E-state index in [0.29, 0.717) is 19.1 Å². The average Bonchev–Trinajstić information content (AvgIpc) is 2.87. The Labute approximate surface area is 121 Å². The molecule has 3 aliphatic rings. The molecular formula is C17H24O3. The molecule has 0 amide bonds. The van der Waals surface area contributed by atoms with Gasteiger partial charge in [-0.3, -0.25) is 0 Å². The van der Waals surface area contributed by atoms with E-state index < -0.39 is 5.79 Å². The molecule has 1 saturated carbocycles. The molecule has 0 aromatic heterocycles. The second-order valence-corrected chi connectivity index (χ2v) is 6.82. The topological polar surface area (TPSA) is 35.5 Å². The largest absolute Gasteiger partial charge is 0.347 e. The first-order valence-electron chi connectivity index (χ1n) is 7.59. The van der Waals surface area contributed by atoms with Crippen molar-refractivity contribution in [3.63, 3.8) is 0 Å². The van der Waals surface area contributed by atoms with Crippen molar-refractivity contribution < 1.29 is 14.3 Å². The van der Waals surface area contributed by atoms with Crippen LogP contribution >= 0.6 is 0 Å². The second kappa shape index (κ2) is 4.81. The van der Waals surface area contributed by atoms with Crippen molar-refractivity contribution in [2.24, 2.45) is 17.3 Å². The standard InChI is InChI=1S/C17H24O3/c1-12(2)13-8-14-10-17(19-6-7-20-17)5-4-16(14,3)15(9-13)11-18/h8,11,13,15H,1,4-7,9-10H2,2-3H3/t13-,15-,16+/m1/s1. The molecule has 3 rings (SSSR count). The first-order valence-corrected chi connectivity index (χ1v) is 7.59. The molecule has 1 spiro atoms. The number of carbonyl (C=O) groups is 1. The quantitative estimate of drug-likeness (QED) is 0.573. The van der Waals surface area contributed by atoms with E-state index in [9.17, 15) is 4.79 Å². The summed E-state index contributed by atoms with van der Waals surface area (Å²) in [6, 6.07) is 0. The Balaban J connectivity index is 1.94. The number of allylic oxidation sites excluding steroid dienone is 2. The Bertz CT molecular complexity index is 459. The molecule has 2 aliphatic carbocycles. The van der Waals surface area contributed by atoms with Crippen molar-refractivity contribution in [1.82, 2.24) is 0 Å². The zero-order valence-electron chi connectivity index (χ0n) is 12.5. The van der Waals surface area contributed by atoms with Crippen molar-refractivity contribution in [2.75, 3.05) is 13.2 Å². The molecule has 0 aromatic rings. The van der Waals surface area contributed by atoms with Crippen LogP contribution in [0.4, 0.5) is 0 Å². The summed E-state index contributed by atoms with van der Waals surface area (Å²) in [6.07, 6.45) is 7.03. The normalized spacial score (nSPS) is 39.2. The Morgan fingerprint density at radius 3 is 2.70 bits per heavy atom. The highest BCUT2D eigenvalue weighted by Gasteiger charge is 2.51. The second-order valence-electron chi connectivity index (χ2n) is 6.82. The lowest BCUT2D eigenvalue weighted by atomic mass is 9.57. The summed E-state index contributed by atoms with van der Waals surface area (Å²) in [6.45, 7) is 9.72. The highest BCUT2D eigenvalue weighted by Crippen LogP contribution is 2.55. The van der Waals surface area contributed by atoms with Gasteiger partial charge < -0.3 is 14.3 Å². The van der Waals surface area contributed by atoms with E-state index in [1.807, 2.05) is 6.92 Å². The predicted molar refractivity (Wildman–Crippen MR) is 77.2 cm³/mol. The van der Waals surface area contributed by atoms with Crippen LogP contribution < -0.4 is 0 Å². The van der Waals surface area contributed by atoms with Gasteiger partial charge >= 0.3 is 0 Å². The fourth-order valence-corrected chi connectivity index (χ4v) is 4.00. The minimum Gasteiger partial charge on any atom is -0.347 e. The Morgan fingerprint density at radius 2 is 2.10 bits per heavy atom. The van der Waals surface area contributed by atoms with Gasteiger partial charge in [0.15, 0.2) is 5.79 Å². The first-order chi connectivity index (χ1) is 9.49. The van der Waals surface area contributed by atoms with Crippen LogP contribution in [0.2, 0.25) is 0 Å². The molecule has 110 valence electrons. The zero-order valence-corrected chi connectivity index (χ0v) is 12.5. The molecule has 3 heteroatoms. The number of hydrogen-bond donors (Lipinski definition) is 0. The molecule has 0 bridgehead atoms. The Kier molecular flexibility index (Phi) is 3.38. The van der Waals surface area contributed by atoms with E-state index in [4.69, 9.17) is 9.47 Å². The van der Waals surface area contributed by atoms with Crippen LogP contribution in [0.5, 0.6) is 0 Å². The maximum Gasteiger partial charge on any atom is 0.172 e. The summed E-state index contributed by atoms with van der Waals surface area (Å²) in [5.41, 5.74) is 2.45. The molecule has 1 heterocycles. The number of carbonyl (C=O) groups excluding carboxylic acids is 1. The first kappa shape index (κ1) is 14.0. The summed E-state index contributed by atoms with van der Waals surface area (Å²) in [7, 11) is 0. The van der Waals surface area contributed by atoms with Crippen LogP contribution in [0.15, 0.2) is 23.8 Å². The molecule has 3 nitrogen and oxygen atoms in total. The van der Waals surface area contributed by atoms with E-state index in [-0.39, 0.29) is 11.3 Å². The molecular weight excluding hydrogens is 252 g/mol. The van der Waals surface area contributed by atoms with E-state index in [2.05, 4.69) is 19.6 Å². The zero-order chi connectivity index (χ0) is 14.4. The lowest BCUT2D eigenvalue weighted by Gasteiger charge is -2.50. The molecule has 20 heavy (non-hydrogen) atoms. The van der Waals surface area contributed by atoms with Gasteiger partial charge in [0.25, 0.3) is 0 Å². The van der Waals surface area contributed by atoms with Gasteiger partial charge in [-0.1, -0.05) is 30.7 Å². The summed E-state index contributed by atoms with van der Waals surface area (Å²) in [5, 5.41) is 0. The number of hydrogen-bond acceptors (Lipinski definition) is 3. The van der Waals surface area contributed by atoms with Crippen LogP contribution in [0.1, 0.15) is 39.5 Å². The van der Waals surface area contributed by atoms with E-state index in [0.717, 1.165) is 37.5 Å². The van der Waals surface area contributed by atoms with Crippen molar-refractivity contribution >= 4 is 6.29 Å². The van der Waals surface area contributed by atoms with Crippen LogP contribution in [-0.4, -0.2) is 25.3 Å². The third-order valence-electron chi connectivity index (χ3n) is 5.56. The smallest absolute Gasteiger partial charge is 0.172 e. The molecule has 0 aromatic carbocycles. The highest BCUT2D eigenvalue weighted by atomic mass is 16.7. The third-order valence-corrected chi connectivity index (χ3v) is 5.56. The van der Waals surface area contributed by atoms with E-state index >= 15 is 0 Å². The van der Waals surface area contributed by atoms with Gasteiger partial charge in [0.05, 0.1) is 13.2 Å². The van der Waals surface area contributed by atoms with E-state index in [1.165, 1.54) is 5.57 Å². The predicted octanol–water partition coefficient (Wildman–Crippen LogP) is 3.26. The number of ether oxygens (including phenoxy) is 2. The number of aldehydes is 1. The monoisotopic (exact) mass is 276 g/mol. The minimum absolute atomic E-state index is 0.0196. The average molecular weight is 276 g/mol. The third kappa shape index (κ3) is 2.08. The van der Waals surface area contributed by atoms with Gasteiger partial charge in [-0.15, -0.1) is 0 Å². The van der Waals surface area contributed by atoms with Crippen molar-refractivity contribution in [3.05, 3.63) is 23.8 Å². The molecule has 0 N–H and O–H groups in total. The number of fused-ring (bicyclic) bond motifs is 1. The van der Waals surface area contributed by atoms with Gasteiger partial charge in [-0.05, 0) is 31.1 Å². The van der Waals surface area contributed by atoms with Crippen LogP contribution in [-0.2, 0) is 14.3 Å². The van der Waals surface area contributed by atoms with Crippen molar-refractivity contribution in [3.8, 4) is 0 Å². The Hall–Kier alpha value is -0.930. The molecule has 0 radical (unpaired) electrons. The lowest BCUT2D eigenvalue weighted by Crippen LogP contribution is -2.46. The SMILES string of the molecule is C=C(C)[C@@H]1C=C2CC3(CC[C@]2(C)[C@@H](C=O)C1)OCCO3. The fourth-order valence-electron chi connectivity index (χ4n) is 4.00. The highest BCUT2D eigenvalue weighted by molar-refractivity contribution is 5.58. The maximum atomic E-state index is 11.6. The molecule has 1 aliphatic heterocycles. The maximum absolute atomic E-state index is 11.6. The summed E-state index contributed by atoms with van der Waals surface area (Å²) < 4.78 is 11.7. The van der Waals surface area contributed by atoms with E-state index in [1.54, 1.807) is 0 Å². The molecule has 2 fully saturated rings. The van der Waals surface area contributed by atoms with Crippen LogP contribution in [0, 0.1) is 17.3 Å². The van der Waals surface area contributed by atoms with Gasteiger partial charge in [-0.2, -0.15) is 0 Å². The summed E-state index contributed by atoms with van der Waals surface area (Å²) >= 11 is 0. The minimum atomic E-state index is -0.421. The van der Waals surface area contributed by atoms with Gasteiger partial charge in [-0.25, -0.2) is 0 Å². The number of rotatable bonds is 2. The van der Waals surface area contributed by atoms with Crippen LogP contribution in [0.25, 0.3) is 0 Å². The van der Waals surface area contributed by atoms with Gasteiger partial charge in [0, 0.05) is 18.8 Å². The van der Waals surface area contributed by atoms with Crippen LogP contribution in [0.3, 0.4) is 0 Å². The van der Waals surface area contributed by atoms with Gasteiger partial charge in [0.1, 0.15) is 6.29 Å². The fraction of sp³-hybridized carbons (Fsp3) is 0.706.